The molecule has 0 radical (unpaired) electrons. The van der Waals surface area contributed by atoms with E-state index in [-0.39, 0.29) is 0 Å². The lowest BCUT2D eigenvalue weighted by atomic mass is 10.1. The number of aromatic nitrogens is 2. The van der Waals surface area contributed by atoms with Crippen molar-refractivity contribution in [3.05, 3.63) is 85.1 Å². The average Bonchev–Trinajstić information content (AvgIpc) is 2.63. The van der Waals surface area contributed by atoms with Crippen molar-refractivity contribution in [2.24, 2.45) is 0 Å². The normalized spacial score (nSPS) is 10.6. The van der Waals surface area contributed by atoms with Crippen LogP contribution >= 0.6 is 0 Å². The van der Waals surface area contributed by atoms with E-state index in [0.29, 0.717) is 0 Å². The lowest BCUT2D eigenvalue weighted by Crippen LogP contribution is -1.96. The van der Waals surface area contributed by atoms with E-state index in [0.717, 1.165) is 33.7 Å². The third-order valence-corrected chi connectivity index (χ3v) is 3.73. The largest absolute Gasteiger partial charge is 0.340 e. The lowest BCUT2D eigenvalue weighted by Gasteiger charge is -2.11. The van der Waals surface area contributed by atoms with Crippen molar-refractivity contribution in [1.29, 1.82) is 0 Å². The number of anilines is 2. The van der Waals surface area contributed by atoms with E-state index in [2.05, 4.69) is 33.5 Å². The molecule has 1 N–H and O–H groups in total. The zero-order valence-electron chi connectivity index (χ0n) is 12.5. The maximum atomic E-state index is 4.67. The van der Waals surface area contributed by atoms with Crippen LogP contribution in [0.1, 0.15) is 0 Å². The summed E-state index contributed by atoms with van der Waals surface area (Å²) in [4.78, 5) is 9.11. The van der Waals surface area contributed by atoms with Crippen LogP contribution in [0.25, 0.3) is 22.2 Å². The highest BCUT2D eigenvalue weighted by Gasteiger charge is 2.06. The second-order valence-corrected chi connectivity index (χ2v) is 5.27. The van der Waals surface area contributed by atoms with E-state index >= 15 is 0 Å². The summed E-state index contributed by atoms with van der Waals surface area (Å²) in [5.74, 6) is 0.826. The first-order valence-electron chi connectivity index (χ1n) is 7.53. The SMILES string of the molecule is c1ccc(-c2ccccc2Nc2ccc3ccccc3n2)nc1. The molecule has 0 amide bonds. The van der Waals surface area contributed by atoms with Crippen molar-refractivity contribution in [3.8, 4) is 11.3 Å². The summed E-state index contributed by atoms with van der Waals surface area (Å²) in [6.07, 6.45) is 1.81. The van der Waals surface area contributed by atoms with Crippen molar-refractivity contribution in [1.82, 2.24) is 9.97 Å². The van der Waals surface area contributed by atoms with Gasteiger partial charge in [0, 0.05) is 22.8 Å². The zero-order chi connectivity index (χ0) is 15.5. The van der Waals surface area contributed by atoms with Gasteiger partial charge in [-0.15, -0.1) is 0 Å². The fourth-order valence-electron chi connectivity index (χ4n) is 2.61. The minimum Gasteiger partial charge on any atom is -0.340 e. The van der Waals surface area contributed by atoms with Crippen molar-refractivity contribution < 1.29 is 0 Å². The summed E-state index contributed by atoms with van der Waals surface area (Å²) in [5, 5.41) is 4.55. The van der Waals surface area contributed by atoms with Gasteiger partial charge in [-0.05, 0) is 36.4 Å². The van der Waals surface area contributed by atoms with Crippen LogP contribution in [0.4, 0.5) is 11.5 Å². The third-order valence-electron chi connectivity index (χ3n) is 3.73. The highest BCUT2D eigenvalue weighted by atomic mass is 15.0. The second kappa shape index (κ2) is 5.89. The number of hydrogen-bond acceptors (Lipinski definition) is 3. The first kappa shape index (κ1) is 13.5. The molecule has 0 aliphatic rings. The maximum Gasteiger partial charge on any atom is 0.131 e. The van der Waals surface area contributed by atoms with E-state index in [1.54, 1.807) is 6.20 Å². The van der Waals surface area contributed by atoms with Crippen molar-refractivity contribution in [2.45, 2.75) is 0 Å². The van der Waals surface area contributed by atoms with Crippen LogP contribution in [0, 0.1) is 0 Å². The summed E-state index contributed by atoms with van der Waals surface area (Å²) < 4.78 is 0. The molecule has 4 rings (SSSR count). The Balaban J connectivity index is 1.73. The monoisotopic (exact) mass is 297 g/mol. The number of pyridine rings is 2. The maximum absolute atomic E-state index is 4.67. The highest BCUT2D eigenvalue weighted by molar-refractivity contribution is 5.83. The second-order valence-electron chi connectivity index (χ2n) is 5.27. The lowest BCUT2D eigenvalue weighted by molar-refractivity contribution is 1.32. The number of benzene rings is 2. The molecule has 3 heteroatoms. The van der Waals surface area contributed by atoms with E-state index in [1.807, 2.05) is 60.7 Å². The minimum absolute atomic E-state index is 0.826. The molecule has 2 aromatic carbocycles. The van der Waals surface area contributed by atoms with E-state index in [4.69, 9.17) is 0 Å². The Kier molecular flexibility index (Phi) is 3.45. The summed E-state index contributed by atoms with van der Waals surface area (Å²) in [7, 11) is 0. The van der Waals surface area contributed by atoms with Gasteiger partial charge in [-0.25, -0.2) is 4.98 Å². The van der Waals surface area contributed by atoms with Crippen LogP contribution in [0.3, 0.4) is 0 Å². The van der Waals surface area contributed by atoms with Crippen LogP contribution in [-0.4, -0.2) is 9.97 Å². The number of nitrogens with one attached hydrogen (secondary N) is 1. The number of rotatable bonds is 3. The van der Waals surface area contributed by atoms with Crippen LogP contribution in [0.15, 0.2) is 85.1 Å². The van der Waals surface area contributed by atoms with Gasteiger partial charge in [0.2, 0.25) is 0 Å². The molecule has 2 aromatic heterocycles. The predicted molar refractivity (Wildman–Crippen MR) is 94.7 cm³/mol. The molecule has 0 spiro atoms. The summed E-state index contributed by atoms with van der Waals surface area (Å²) in [6, 6.07) is 26.2. The van der Waals surface area contributed by atoms with Gasteiger partial charge < -0.3 is 5.32 Å². The van der Waals surface area contributed by atoms with Gasteiger partial charge >= 0.3 is 0 Å². The molecular weight excluding hydrogens is 282 g/mol. The van der Waals surface area contributed by atoms with Gasteiger partial charge in [0.05, 0.1) is 11.2 Å². The van der Waals surface area contributed by atoms with Gasteiger partial charge in [-0.3, -0.25) is 4.98 Å². The highest BCUT2D eigenvalue weighted by Crippen LogP contribution is 2.28. The number of para-hydroxylation sites is 2. The third kappa shape index (κ3) is 2.77. The Morgan fingerprint density at radius 3 is 2.43 bits per heavy atom. The quantitative estimate of drug-likeness (QED) is 0.575. The molecule has 23 heavy (non-hydrogen) atoms. The van der Waals surface area contributed by atoms with Gasteiger partial charge in [-0.1, -0.05) is 42.5 Å². The molecule has 3 nitrogen and oxygen atoms in total. The fraction of sp³-hybridized carbons (Fsp3) is 0. The molecule has 0 aliphatic carbocycles. The van der Waals surface area contributed by atoms with E-state index in [1.165, 1.54) is 0 Å². The molecule has 4 aromatic rings. The smallest absolute Gasteiger partial charge is 0.131 e. The van der Waals surface area contributed by atoms with E-state index < -0.39 is 0 Å². The molecule has 0 aliphatic heterocycles. The van der Waals surface area contributed by atoms with Gasteiger partial charge in [0.25, 0.3) is 0 Å². The number of hydrogen-bond donors (Lipinski definition) is 1. The topological polar surface area (TPSA) is 37.8 Å². The van der Waals surface area contributed by atoms with Crippen molar-refractivity contribution in [3.63, 3.8) is 0 Å². The molecule has 110 valence electrons. The number of nitrogens with zero attached hydrogens (tertiary/aromatic N) is 2. The molecule has 0 bridgehead atoms. The zero-order valence-corrected chi connectivity index (χ0v) is 12.5. The average molecular weight is 297 g/mol. The standard InChI is InChI=1S/C20H15N3/c1-3-9-17-15(7-1)12-13-20(22-17)23-19-11-4-2-8-16(19)18-10-5-6-14-21-18/h1-14H,(H,22,23). The summed E-state index contributed by atoms with van der Waals surface area (Å²) in [5.41, 5.74) is 3.97. The Labute approximate surface area is 134 Å². The minimum atomic E-state index is 0.826. The Hall–Kier alpha value is -3.20. The fourth-order valence-corrected chi connectivity index (χ4v) is 2.61. The predicted octanol–water partition coefficient (Wildman–Crippen LogP) is 5.04. The first-order chi connectivity index (χ1) is 11.4. The molecule has 0 unspecified atom stereocenters. The van der Waals surface area contributed by atoms with E-state index in [9.17, 15) is 0 Å². The molecule has 0 fully saturated rings. The van der Waals surface area contributed by atoms with Crippen LogP contribution in [0.2, 0.25) is 0 Å². The van der Waals surface area contributed by atoms with Gasteiger partial charge in [-0.2, -0.15) is 0 Å². The van der Waals surface area contributed by atoms with Crippen LogP contribution < -0.4 is 5.32 Å². The Morgan fingerprint density at radius 2 is 1.52 bits per heavy atom. The van der Waals surface area contributed by atoms with Crippen molar-refractivity contribution in [2.75, 3.05) is 5.32 Å². The van der Waals surface area contributed by atoms with Crippen LogP contribution in [0.5, 0.6) is 0 Å². The van der Waals surface area contributed by atoms with Crippen molar-refractivity contribution >= 4 is 22.4 Å². The molecular formula is C20H15N3. The molecule has 2 heterocycles. The first-order valence-corrected chi connectivity index (χ1v) is 7.53. The Bertz CT molecular complexity index is 949. The van der Waals surface area contributed by atoms with Crippen LogP contribution in [-0.2, 0) is 0 Å². The molecule has 0 saturated carbocycles. The summed E-state index contributed by atoms with van der Waals surface area (Å²) in [6.45, 7) is 0. The summed E-state index contributed by atoms with van der Waals surface area (Å²) >= 11 is 0. The molecule has 0 atom stereocenters. The molecule has 0 saturated heterocycles. The van der Waals surface area contributed by atoms with Gasteiger partial charge in [0.1, 0.15) is 5.82 Å². The Morgan fingerprint density at radius 1 is 0.696 bits per heavy atom. The number of fused-ring (bicyclic) bond motifs is 1. The van der Waals surface area contributed by atoms with Gasteiger partial charge in [0.15, 0.2) is 0 Å².